The lowest BCUT2D eigenvalue weighted by atomic mass is 9.87. The Labute approximate surface area is 216 Å². The van der Waals surface area contributed by atoms with Gasteiger partial charge in [0.1, 0.15) is 0 Å². The Morgan fingerprint density at radius 3 is 1.91 bits per heavy atom. The van der Waals surface area contributed by atoms with Crippen molar-refractivity contribution >= 4 is 16.6 Å². The Balaban J connectivity index is 5.86. The van der Waals surface area contributed by atoms with Crippen molar-refractivity contribution in [3.05, 3.63) is 23.8 Å². The molecule has 0 aliphatic rings. The zero-order valence-electron chi connectivity index (χ0n) is 25.3. The Morgan fingerprint density at radius 2 is 1.47 bits per heavy atom. The lowest BCUT2D eigenvalue weighted by molar-refractivity contribution is 0.0561. The van der Waals surface area contributed by atoms with Crippen molar-refractivity contribution in [2.75, 3.05) is 13.2 Å². The van der Waals surface area contributed by atoms with E-state index in [4.69, 9.17) is 8.85 Å². The molecule has 0 saturated carbocycles. The Morgan fingerprint density at radius 1 is 0.941 bits per heavy atom. The summed E-state index contributed by atoms with van der Waals surface area (Å²) in [5.74, 6) is 0.787. The van der Waals surface area contributed by atoms with E-state index in [0.717, 1.165) is 0 Å². The Hall–Kier alpha value is -0.206. The maximum atomic E-state index is 10.4. The van der Waals surface area contributed by atoms with Gasteiger partial charge < -0.3 is 14.0 Å². The number of aliphatic hydroxyl groups is 1. The zero-order chi connectivity index (χ0) is 27.0. The number of rotatable bonds is 14. The van der Waals surface area contributed by atoms with Crippen LogP contribution in [0.25, 0.3) is 0 Å². The topological polar surface area (TPSA) is 38.7 Å². The fraction of sp³-hybridized carbons (Fsp3) is 0.862. The molecule has 0 fully saturated rings. The highest BCUT2D eigenvalue weighted by atomic mass is 28.4. The summed E-state index contributed by atoms with van der Waals surface area (Å²) in [5.41, 5.74) is 1.24. The summed E-state index contributed by atoms with van der Waals surface area (Å²) in [4.78, 5) is 0. The minimum atomic E-state index is -2.00. The van der Waals surface area contributed by atoms with Gasteiger partial charge in [-0.05, 0) is 67.0 Å². The second kappa shape index (κ2) is 13.9. The molecule has 0 aromatic carbocycles. The molecule has 3 nitrogen and oxygen atoms in total. The molecule has 0 aliphatic carbocycles. The van der Waals surface area contributed by atoms with Gasteiger partial charge in [-0.3, -0.25) is 0 Å². The van der Waals surface area contributed by atoms with Gasteiger partial charge in [0.2, 0.25) is 0 Å². The predicted octanol–water partition coefficient (Wildman–Crippen LogP) is 8.97. The molecule has 34 heavy (non-hydrogen) atoms. The maximum Gasteiger partial charge on any atom is 0.192 e. The van der Waals surface area contributed by atoms with Crippen LogP contribution in [-0.2, 0) is 8.85 Å². The molecule has 0 amide bonds. The number of allylic oxidation sites excluding steroid dienone is 3. The molecule has 0 unspecified atom stereocenters. The molecular weight excluding hydrogens is 452 g/mol. The van der Waals surface area contributed by atoms with Crippen LogP contribution in [0.1, 0.15) is 88.5 Å². The molecule has 0 aromatic heterocycles. The van der Waals surface area contributed by atoms with Crippen molar-refractivity contribution in [2.45, 2.75) is 131 Å². The number of aliphatic hydroxyl groups excluding tert-OH is 1. The maximum absolute atomic E-state index is 10.4. The van der Waals surface area contributed by atoms with Crippen molar-refractivity contribution in [1.29, 1.82) is 0 Å². The second-order valence-electron chi connectivity index (χ2n) is 13.6. The first-order valence-corrected chi connectivity index (χ1v) is 19.4. The highest BCUT2D eigenvalue weighted by Gasteiger charge is 2.42. The first-order chi connectivity index (χ1) is 15.3. The van der Waals surface area contributed by atoms with Crippen molar-refractivity contribution in [1.82, 2.24) is 0 Å². The first kappa shape index (κ1) is 33.8. The average Bonchev–Trinajstić information content (AvgIpc) is 2.68. The van der Waals surface area contributed by atoms with E-state index in [1.807, 2.05) is 0 Å². The van der Waals surface area contributed by atoms with Crippen LogP contribution in [0.3, 0.4) is 0 Å². The molecule has 1 N–H and O–H groups in total. The van der Waals surface area contributed by atoms with E-state index >= 15 is 0 Å². The largest absolute Gasteiger partial charge is 0.416 e. The highest BCUT2D eigenvalue weighted by molar-refractivity contribution is 6.74. The fourth-order valence-corrected chi connectivity index (χ4v) is 5.83. The van der Waals surface area contributed by atoms with E-state index < -0.39 is 16.6 Å². The van der Waals surface area contributed by atoms with Gasteiger partial charge in [-0.15, -0.1) is 0 Å². The van der Waals surface area contributed by atoms with Crippen LogP contribution >= 0.6 is 0 Å². The van der Waals surface area contributed by atoms with Crippen LogP contribution in [0.2, 0.25) is 36.3 Å². The predicted molar refractivity (Wildman–Crippen MR) is 157 cm³/mol. The molecule has 4 atom stereocenters. The van der Waals surface area contributed by atoms with E-state index in [9.17, 15) is 5.11 Å². The summed E-state index contributed by atoms with van der Waals surface area (Å²) in [6.45, 7) is 32.5. The summed E-state index contributed by atoms with van der Waals surface area (Å²) in [6.07, 6.45) is 10.5. The monoisotopic (exact) mass is 512 g/mol. The Kier molecular flexibility index (Phi) is 13.8. The molecule has 5 heteroatoms. The van der Waals surface area contributed by atoms with Gasteiger partial charge in [0, 0.05) is 19.1 Å². The molecule has 0 bridgehead atoms. The van der Waals surface area contributed by atoms with Gasteiger partial charge in [-0.1, -0.05) is 93.4 Å². The standard InChI is InChI=1S/C29H60O3Si2/c1-15-16-18-23(2)19-17-20-24(3)27(32-34(13,14)29(8,9)10)25(4)26(21-30)22-31-33(11,12)28(5,6)7/h17,19-20,23,25-27,30H,15-16,18,21-22H2,1-14H3/b19-17+,24-20+/t23-,25+,26-,27-/m1/s1. The average molecular weight is 513 g/mol. The van der Waals surface area contributed by atoms with Crippen molar-refractivity contribution in [3.8, 4) is 0 Å². The minimum absolute atomic E-state index is 0.0309. The molecule has 0 radical (unpaired) electrons. The molecule has 202 valence electrons. The SMILES string of the molecule is CCCC[C@@H](C)/C=C/C=C(\C)[C@@H](O[Si](C)(C)C(C)(C)C)[C@@H](C)[C@H](CO)CO[Si](C)(C)C(C)(C)C. The fourth-order valence-electron chi connectivity index (χ4n) is 3.37. The van der Waals surface area contributed by atoms with Crippen molar-refractivity contribution < 1.29 is 14.0 Å². The summed E-state index contributed by atoms with van der Waals surface area (Å²) in [6, 6.07) is 0. The Bertz CT molecular complexity index is 639. The lowest BCUT2D eigenvalue weighted by Crippen LogP contribution is -2.48. The normalized spacial score (nSPS) is 18.3. The van der Waals surface area contributed by atoms with E-state index in [-0.39, 0.29) is 34.6 Å². The summed E-state index contributed by atoms with van der Waals surface area (Å²) in [7, 11) is -3.88. The molecule has 0 saturated heterocycles. The van der Waals surface area contributed by atoms with E-state index in [0.29, 0.717) is 12.5 Å². The quantitative estimate of drug-likeness (QED) is 0.186. The van der Waals surface area contributed by atoms with Gasteiger partial charge in [-0.25, -0.2) is 0 Å². The van der Waals surface area contributed by atoms with Gasteiger partial charge in [-0.2, -0.15) is 0 Å². The first-order valence-electron chi connectivity index (χ1n) is 13.6. The number of hydrogen-bond donors (Lipinski definition) is 1. The van der Waals surface area contributed by atoms with Gasteiger partial charge in [0.25, 0.3) is 0 Å². The number of unbranched alkanes of at least 4 members (excludes halogenated alkanes) is 1. The summed E-state index contributed by atoms with van der Waals surface area (Å²) >= 11 is 0. The van der Waals surface area contributed by atoms with Crippen LogP contribution in [0.5, 0.6) is 0 Å². The molecule has 0 aromatic rings. The van der Waals surface area contributed by atoms with Gasteiger partial charge >= 0.3 is 0 Å². The zero-order valence-corrected chi connectivity index (χ0v) is 27.3. The van der Waals surface area contributed by atoms with Crippen LogP contribution in [0, 0.1) is 17.8 Å². The van der Waals surface area contributed by atoms with Crippen LogP contribution < -0.4 is 0 Å². The third-order valence-corrected chi connectivity index (χ3v) is 17.4. The summed E-state index contributed by atoms with van der Waals surface area (Å²) in [5, 5.41) is 10.7. The van der Waals surface area contributed by atoms with Gasteiger partial charge in [0.05, 0.1) is 6.10 Å². The molecule has 0 heterocycles. The molecule has 0 rings (SSSR count). The van der Waals surface area contributed by atoms with E-state index in [1.165, 1.54) is 24.8 Å². The lowest BCUT2D eigenvalue weighted by Gasteiger charge is -2.43. The van der Waals surface area contributed by atoms with Crippen molar-refractivity contribution in [2.24, 2.45) is 17.8 Å². The number of hydrogen-bond acceptors (Lipinski definition) is 3. The third kappa shape index (κ3) is 10.8. The highest BCUT2D eigenvalue weighted by Crippen LogP contribution is 2.41. The summed E-state index contributed by atoms with van der Waals surface area (Å²) < 4.78 is 13.6. The smallest absolute Gasteiger partial charge is 0.192 e. The molecule has 0 aliphatic heterocycles. The van der Waals surface area contributed by atoms with E-state index in [1.54, 1.807) is 0 Å². The van der Waals surface area contributed by atoms with Gasteiger partial charge in [0.15, 0.2) is 16.6 Å². The van der Waals surface area contributed by atoms with Crippen molar-refractivity contribution in [3.63, 3.8) is 0 Å². The van der Waals surface area contributed by atoms with Crippen LogP contribution in [0.15, 0.2) is 23.8 Å². The minimum Gasteiger partial charge on any atom is -0.416 e. The third-order valence-electron chi connectivity index (χ3n) is 8.41. The second-order valence-corrected chi connectivity index (χ2v) is 23.2. The molecule has 0 spiro atoms. The van der Waals surface area contributed by atoms with E-state index in [2.05, 4.69) is 114 Å². The van der Waals surface area contributed by atoms with Crippen LogP contribution in [0.4, 0.5) is 0 Å². The molecular formula is C29H60O3Si2. The van der Waals surface area contributed by atoms with Crippen LogP contribution in [-0.4, -0.2) is 41.1 Å².